The number of aliphatic hydroxyl groups is 1. The van der Waals surface area contributed by atoms with Crippen molar-refractivity contribution in [2.75, 3.05) is 14.2 Å². The van der Waals surface area contributed by atoms with Gasteiger partial charge in [0.1, 0.15) is 11.8 Å². The number of nitrogens with one attached hydrogen (secondary N) is 1. The summed E-state index contributed by atoms with van der Waals surface area (Å²) >= 11 is 0. The third-order valence-electron chi connectivity index (χ3n) is 3.84. The van der Waals surface area contributed by atoms with Gasteiger partial charge in [0.15, 0.2) is 0 Å². The van der Waals surface area contributed by atoms with E-state index in [2.05, 4.69) is 10.1 Å². The van der Waals surface area contributed by atoms with Gasteiger partial charge in [0, 0.05) is 12.1 Å². The first kappa shape index (κ1) is 18.0. The number of rotatable bonds is 7. The molecule has 2 aromatic rings. The second-order valence-electron chi connectivity index (χ2n) is 5.52. The maximum Gasteiger partial charge on any atom is 0.325 e. The Balaban J connectivity index is 2.08. The zero-order valence-corrected chi connectivity index (χ0v) is 14.2. The SMILES string of the molecule is COC(=O)C(NCc1ccc(-c2ccccc2OC)cc1)C(C)O. The van der Waals surface area contributed by atoms with Gasteiger partial charge in [-0.15, -0.1) is 0 Å². The molecule has 2 aromatic carbocycles. The number of carbonyl (C=O) groups is 1. The number of methoxy groups -OCH3 is 2. The van der Waals surface area contributed by atoms with Crippen molar-refractivity contribution in [3.63, 3.8) is 0 Å². The molecule has 128 valence electrons. The van der Waals surface area contributed by atoms with E-state index in [-0.39, 0.29) is 0 Å². The van der Waals surface area contributed by atoms with E-state index in [0.717, 1.165) is 22.4 Å². The fraction of sp³-hybridized carbons (Fsp3) is 0.316. The number of aliphatic hydroxyl groups excluding tert-OH is 1. The molecule has 0 amide bonds. The number of esters is 1. The van der Waals surface area contributed by atoms with Crippen LogP contribution in [0.4, 0.5) is 0 Å². The number of hydrogen-bond acceptors (Lipinski definition) is 5. The highest BCUT2D eigenvalue weighted by Crippen LogP contribution is 2.29. The van der Waals surface area contributed by atoms with E-state index >= 15 is 0 Å². The lowest BCUT2D eigenvalue weighted by molar-refractivity contribution is -0.145. The van der Waals surface area contributed by atoms with Crippen LogP contribution in [0.5, 0.6) is 5.75 Å². The third-order valence-corrected chi connectivity index (χ3v) is 3.84. The molecule has 0 fully saturated rings. The Morgan fingerprint density at radius 3 is 2.38 bits per heavy atom. The van der Waals surface area contributed by atoms with Crippen LogP contribution >= 0.6 is 0 Å². The highest BCUT2D eigenvalue weighted by Gasteiger charge is 2.23. The lowest BCUT2D eigenvalue weighted by Gasteiger charge is -2.19. The molecule has 2 N–H and O–H groups in total. The monoisotopic (exact) mass is 329 g/mol. The Kier molecular flexibility index (Phi) is 6.35. The van der Waals surface area contributed by atoms with Gasteiger partial charge in [-0.05, 0) is 24.1 Å². The van der Waals surface area contributed by atoms with Crippen LogP contribution in [0.15, 0.2) is 48.5 Å². The first-order chi connectivity index (χ1) is 11.6. The van der Waals surface area contributed by atoms with Crippen LogP contribution in [0, 0.1) is 0 Å². The van der Waals surface area contributed by atoms with E-state index in [1.54, 1.807) is 14.0 Å². The predicted molar refractivity (Wildman–Crippen MR) is 92.8 cm³/mol. The normalized spacial score (nSPS) is 13.2. The van der Waals surface area contributed by atoms with Crippen LogP contribution in [0.25, 0.3) is 11.1 Å². The molecule has 2 rings (SSSR count). The molecule has 0 heterocycles. The van der Waals surface area contributed by atoms with Crippen molar-refractivity contribution in [2.45, 2.75) is 25.6 Å². The fourth-order valence-electron chi connectivity index (χ4n) is 2.49. The molecule has 5 heteroatoms. The van der Waals surface area contributed by atoms with E-state index in [4.69, 9.17) is 4.74 Å². The van der Waals surface area contributed by atoms with Crippen LogP contribution in [0.2, 0.25) is 0 Å². The minimum Gasteiger partial charge on any atom is -0.496 e. The van der Waals surface area contributed by atoms with Gasteiger partial charge in [-0.3, -0.25) is 10.1 Å². The van der Waals surface area contributed by atoms with Gasteiger partial charge in [0.25, 0.3) is 0 Å². The number of carbonyl (C=O) groups excluding carboxylic acids is 1. The summed E-state index contributed by atoms with van der Waals surface area (Å²) in [4.78, 5) is 11.6. The van der Waals surface area contributed by atoms with Crippen molar-refractivity contribution in [3.8, 4) is 16.9 Å². The van der Waals surface area contributed by atoms with Gasteiger partial charge in [-0.25, -0.2) is 0 Å². The van der Waals surface area contributed by atoms with E-state index in [0.29, 0.717) is 6.54 Å². The van der Waals surface area contributed by atoms with Gasteiger partial charge < -0.3 is 14.6 Å². The van der Waals surface area contributed by atoms with Crippen LogP contribution in [-0.2, 0) is 16.1 Å². The quantitative estimate of drug-likeness (QED) is 0.764. The third kappa shape index (κ3) is 4.34. The molecule has 0 aliphatic rings. The van der Waals surface area contributed by atoms with Gasteiger partial charge in [0.05, 0.1) is 20.3 Å². The van der Waals surface area contributed by atoms with E-state index in [1.165, 1.54) is 7.11 Å². The van der Waals surface area contributed by atoms with Crippen LogP contribution in [0.3, 0.4) is 0 Å². The minimum atomic E-state index is -0.828. The molecule has 0 saturated carbocycles. The standard InChI is InChI=1S/C19H23NO4/c1-13(21)18(19(22)24-3)20-12-14-8-10-15(11-9-14)16-6-4-5-7-17(16)23-2/h4-11,13,18,20-21H,12H2,1-3H3. The maximum absolute atomic E-state index is 11.6. The average Bonchev–Trinajstić information content (AvgIpc) is 2.61. The molecular formula is C19H23NO4. The number of para-hydroxylation sites is 1. The zero-order valence-electron chi connectivity index (χ0n) is 14.2. The smallest absolute Gasteiger partial charge is 0.325 e. The Hall–Kier alpha value is -2.37. The molecule has 0 saturated heterocycles. The lowest BCUT2D eigenvalue weighted by Crippen LogP contribution is -2.45. The molecule has 0 aliphatic carbocycles. The summed E-state index contributed by atoms with van der Waals surface area (Å²) in [6, 6.07) is 15.1. The first-order valence-electron chi connectivity index (χ1n) is 7.78. The molecule has 2 unspecified atom stereocenters. The molecule has 0 spiro atoms. The molecule has 0 aromatic heterocycles. The summed E-state index contributed by atoms with van der Waals surface area (Å²) in [5, 5.41) is 12.7. The predicted octanol–water partition coefficient (Wildman–Crippen LogP) is 2.37. The summed E-state index contributed by atoms with van der Waals surface area (Å²) in [6.45, 7) is 2.01. The number of benzene rings is 2. The summed E-state index contributed by atoms with van der Waals surface area (Å²) in [5.41, 5.74) is 3.08. The Morgan fingerprint density at radius 1 is 1.12 bits per heavy atom. The Bertz CT molecular complexity index is 667. The maximum atomic E-state index is 11.6. The average molecular weight is 329 g/mol. The second kappa shape index (κ2) is 8.47. The van der Waals surface area contributed by atoms with Crippen LogP contribution in [-0.4, -0.2) is 37.4 Å². The van der Waals surface area contributed by atoms with Crippen LogP contribution < -0.4 is 10.1 Å². The van der Waals surface area contributed by atoms with Gasteiger partial charge in [-0.1, -0.05) is 42.5 Å². The molecular weight excluding hydrogens is 306 g/mol. The van der Waals surface area contributed by atoms with Crippen molar-refractivity contribution in [2.24, 2.45) is 0 Å². The van der Waals surface area contributed by atoms with Crippen molar-refractivity contribution in [1.82, 2.24) is 5.32 Å². The molecule has 0 bridgehead atoms. The van der Waals surface area contributed by atoms with Crippen molar-refractivity contribution in [1.29, 1.82) is 0 Å². The Labute approximate surface area is 142 Å². The highest BCUT2D eigenvalue weighted by atomic mass is 16.5. The zero-order chi connectivity index (χ0) is 17.5. The van der Waals surface area contributed by atoms with E-state index in [1.807, 2.05) is 48.5 Å². The van der Waals surface area contributed by atoms with Crippen LogP contribution in [0.1, 0.15) is 12.5 Å². The summed E-state index contributed by atoms with van der Waals surface area (Å²) in [6.07, 6.45) is -0.828. The fourth-order valence-corrected chi connectivity index (χ4v) is 2.49. The van der Waals surface area contributed by atoms with Gasteiger partial charge in [0.2, 0.25) is 0 Å². The summed E-state index contributed by atoms with van der Waals surface area (Å²) < 4.78 is 10.1. The largest absolute Gasteiger partial charge is 0.496 e. The lowest BCUT2D eigenvalue weighted by atomic mass is 10.0. The van der Waals surface area contributed by atoms with Crippen molar-refractivity contribution < 1.29 is 19.4 Å². The second-order valence-corrected chi connectivity index (χ2v) is 5.52. The molecule has 0 aliphatic heterocycles. The number of hydrogen-bond donors (Lipinski definition) is 2. The molecule has 24 heavy (non-hydrogen) atoms. The molecule has 5 nitrogen and oxygen atoms in total. The van der Waals surface area contributed by atoms with Gasteiger partial charge >= 0.3 is 5.97 Å². The molecule has 2 atom stereocenters. The van der Waals surface area contributed by atoms with E-state index in [9.17, 15) is 9.90 Å². The van der Waals surface area contributed by atoms with Gasteiger partial charge in [-0.2, -0.15) is 0 Å². The molecule has 0 radical (unpaired) electrons. The number of ether oxygens (including phenoxy) is 2. The highest BCUT2D eigenvalue weighted by molar-refractivity contribution is 5.76. The van der Waals surface area contributed by atoms with E-state index < -0.39 is 18.1 Å². The Morgan fingerprint density at radius 2 is 1.79 bits per heavy atom. The first-order valence-corrected chi connectivity index (χ1v) is 7.78. The topological polar surface area (TPSA) is 67.8 Å². The summed E-state index contributed by atoms with van der Waals surface area (Å²) in [7, 11) is 2.96. The minimum absolute atomic E-state index is 0.455. The van der Waals surface area contributed by atoms with Crippen molar-refractivity contribution in [3.05, 3.63) is 54.1 Å². The van der Waals surface area contributed by atoms with Crippen molar-refractivity contribution >= 4 is 5.97 Å². The summed E-state index contributed by atoms with van der Waals surface area (Å²) in [5.74, 6) is 0.346.